The van der Waals surface area contributed by atoms with Crippen LogP contribution in [0.2, 0.25) is 0 Å². The number of H-pyrrole nitrogens is 1. The van der Waals surface area contributed by atoms with Crippen molar-refractivity contribution in [3.05, 3.63) is 51.9 Å². The normalized spacial score (nSPS) is 10.9. The summed E-state index contributed by atoms with van der Waals surface area (Å²) in [7, 11) is 0. The number of fused-ring (bicyclic) bond motifs is 1. The summed E-state index contributed by atoms with van der Waals surface area (Å²) in [4.78, 5) is 25.9. The number of aryl methyl sites for hydroxylation is 2. The Hall–Kier alpha value is -2.61. The number of carbonyl (C=O) groups is 1. The van der Waals surface area contributed by atoms with E-state index >= 15 is 0 Å². The van der Waals surface area contributed by atoms with Crippen LogP contribution in [0.3, 0.4) is 0 Å². The van der Waals surface area contributed by atoms with Crippen molar-refractivity contribution in [2.45, 2.75) is 19.0 Å². The zero-order chi connectivity index (χ0) is 16.4. The van der Waals surface area contributed by atoms with Gasteiger partial charge in [0.05, 0.1) is 5.75 Å². The number of amides is 1. The summed E-state index contributed by atoms with van der Waals surface area (Å²) in [5, 5.41) is 11.3. The van der Waals surface area contributed by atoms with Crippen molar-refractivity contribution >= 4 is 29.1 Å². The molecule has 3 rings (SSSR count). The van der Waals surface area contributed by atoms with Crippen molar-refractivity contribution in [1.82, 2.24) is 19.6 Å². The molecule has 0 saturated heterocycles. The maximum Gasteiger partial charge on any atom is 0.252 e. The van der Waals surface area contributed by atoms with Gasteiger partial charge in [-0.2, -0.15) is 0 Å². The molecule has 0 radical (unpaired) electrons. The number of nitrogens with zero attached hydrogens (tertiary/aromatic N) is 3. The molecule has 1 aromatic carbocycles. The smallest absolute Gasteiger partial charge is 0.252 e. The third-order valence-electron chi connectivity index (χ3n) is 3.27. The third kappa shape index (κ3) is 3.42. The standard InChI is InChI=1S/C15H15N5O2S/c1-9-3-4-10(2)11(7-9)16-13(22)8-23-15-19-18-14-17-12(21)5-6-20(14)15/h3-7H,8H2,1-2H3,(H,16,22)(H,17,18,21). The molecule has 8 heteroatoms. The Kier molecular flexibility index (Phi) is 4.16. The van der Waals surface area contributed by atoms with Gasteiger partial charge < -0.3 is 5.32 Å². The Morgan fingerprint density at radius 1 is 1.30 bits per heavy atom. The van der Waals surface area contributed by atoms with Gasteiger partial charge in [-0.05, 0) is 31.0 Å². The summed E-state index contributed by atoms with van der Waals surface area (Å²) in [6, 6.07) is 7.30. The predicted octanol–water partition coefficient (Wildman–Crippen LogP) is 1.77. The van der Waals surface area contributed by atoms with E-state index in [1.165, 1.54) is 17.8 Å². The highest BCUT2D eigenvalue weighted by atomic mass is 32.2. The molecule has 3 aromatic rings. The first-order valence-electron chi connectivity index (χ1n) is 6.97. The molecular weight excluding hydrogens is 314 g/mol. The quantitative estimate of drug-likeness (QED) is 0.712. The van der Waals surface area contributed by atoms with E-state index < -0.39 is 0 Å². The fourth-order valence-electron chi connectivity index (χ4n) is 2.08. The number of rotatable bonds is 4. The molecule has 2 heterocycles. The number of anilines is 1. The zero-order valence-electron chi connectivity index (χ0n) is 12.7. The lowest BCUT2D eigenvalue weighted by atomic mass is 10.1. The Balaban J connectivity index is 1.68. The highest BCUT2D eigenvalue weighted by Gasteiger charge is 2.10. The maximum atomic E-state index is 12.1. The van der Waals surface area contributed by atoms with Crippen LogP contribution in [0.4, 0.5) is 5.69 Å². The molecule has 0 spiro atoms. The lowest BCUT2D eigenvalue weighted by Crippen LogP contribution is -2.15. The van der Waals surface area contributed by atoms with Crippen molar-refractivity contribution in [3.63, 3.8) is 0 Å². The van der Waals surface area contributed by atoms with Gasteiger partial charge in [0.15, 0.2) is 5.16 Å². The van der Waals surface area contributed by atoms with E-state index in [1.807, 2.05) is 32.0 Å². The van der Waals surface area contributed by atoms with Crippen LogP contribution in [-0.2, 0) is 4.79 Å². The lowest BCUT2D eigenvalue weighted by Gasteiger charge is -2.08. The molecule has 0 unspecified atom stereocenters. The molecule has 0 fully saturated rings. The van der Waals surface area contributed by atoms with E-state index in [9.17, 15) is 9.59 Å². The average Bonchev–Trinajstić information content (AvgIpc) is 2.91. The minimum Gasteiger partial charge on any atom is -0.325 e. The van der Waals surface area contributed by atoms with Gasteiger partial charge in [0.25, 0.3) is 5.56 Å². The van der Waals surface area contributed by atoms with E-state index in [0.717, 1.165) is 16.8 Å². The van der Waals surface area contributed by atoms with E-state index in [4.69, 9.17) is 0 Å². The monoisotopic (exact) mass is 329 g/mol. The largest absolute Gasteiger partial charge is 0.325 e. The molecule has 118 valence electrons. The summed E-state index contributed by atoms with van der Waals surface area (Å²) in [6.07, 6.45) is 1.58. The summed E-state index contributed by atoms with van der Waals surface area (Å²) in [6.45, 7) is 3.93. The van der Waals surface area contributed by atoms with Crippen molar-refractivity contribution in [2.75, 3.05) is 11.1 Å². The van der Waals surface area contributed by atoms with Crippen LogP contribution in [0.1, 0.15) is 11.1 Å². The van der Waals surface area contributed by atoms with Crippen LogP contribution in [0.5, 0.6) is 0 Å². The fourth-order valence-corrected chi connectivity index (χ4v) is 2.79. The number of hydrogen-bond donors (Lipinski definition) is 2. The Morgan fingerprint density at radius 2 is 2.13 bits per heavy atom. The van der Waals surface area contributed by atoms with Gasteiger partial charge in [-0.25, -0.2) is 0 Å². The van der Waals surface area contributed by atoms with Gasteiger partial charge in [0.1, 0.15) is 0 Å². The van der Waals surface area contributed by atoms with E-state index in [0.29, 0.717) is 10.9 Å². The Bertz CT molecular complexity index is 931. The van der Waals surface area contributed by atoms with Crippen molar-refractivity contribution in [2.24, 2.45) is 0 Å². The first kappa shape index (κ1) is 15.3. The number of hydrogen-bond acceptors (Lipinski definition) is 5. The number of benzene rings is 1. The number of carbonyl (C=O) groups excluding carboxylic acids is 1. The molecule has 2 aromatic heterocycles. The van der Waals surface area contributed by atoms with Crippen molar-refractivity contribution in [1.29, 1.82) is 0 Å². The first-order chi connectivity index (χ1) is 11.0. The van der Waals surface area contributed by atoms with Gasteiger partial charge in [-0.3, -0.25) is 19.0 Å². The average molecular weight is 329 g/mol. The van der Waals surface area contributed by atoms with E-state index in [2.05, 4.69) is 20.5 Å². The molecule has 0 aliphatic heterocycles. The fraction of sp³-hybridized carbons (Fsp3) is 0.200. The van der Waals surface area contributed by atoms with Crippen LogP contribution in [0.15, 0.2) is 40.4 Å². The van der Waals surface area contributed by atoms with Gasteiger partial charge in [-0.15, -0.1) is 10.2 Å². The molecule has 23 heavy (non-hydrogen) atoms. The van der Waals surface area contributed by atoms with Crippen LogP contribution in [-0.4, -0.2) is 31.2 Å². The molecule has 0 aliphatic rings. The maximum absolute atomic E-state index is 12.1. The van der Waals surface area contributed by atoms with Gasteiger partial charge in [0.2, 0.25) is 11.7 Å². The second-order valence-corrected chi connectivity index (χ2v) is 6.08. The highest BCUT2D eigenvalue weighted by molar-refractivity contribution is 7.99. The second-order valence-electron chi connectivity index (χ2n) is 5.14. The molecule has 1 amide bonds. The van der Waals surface area contributed by atoms with Gasteiger partial charge >= 0.3 is 0 Å². The van der Waals surface area contributed by atoms with E-state index in [-0.39, 0.29) is 17.2 Å². The number of nitrogens with one attached hydrogen (secondary N) is 2. The molecular formula is C15H15N5O2S. The minimum atomic E-state index is -0.242. The first-order valence-corrected chi connectivity index (χ1v) is 7.95. The topological polar surface area (TPSA) is 92.2 Å². The third-order valence-corrected chi connectivity index (χ3v) is 4.22. The minimum absolute atomic E-state index is 0.120. The molecule has 7 nitrogen and oxygen atoms in total. The summed E-state index contributed by atoms with van der Waals surface area (Å²) >= 11 is 1.26. The summed E-state index contributed by atoms with van der Waals surface area (Å²) in [5.74, 6) is 0.438. The molecule has 0 aliphatic carbocycles. The molecule has 2 N–H and O–H groups in total. The number of aromatic nitrogens is 4. The SMILES string of the molecule is Cc1ccc(C)c(NC(=O)CSc2nnc3[nH]c(=O)ccn23)c1. The number of thioether (sulfide) groups is 1. The van der Waals surface area contributed by atoms with Crippen LogP contribution in [0.25, 0.3) is 5.78 Å². The lowest BCUT2D eigenvalue weighted by molar-refractivity contribution is -0.113. The predicted molar refractivity (Wildman–Crippen MR) is 88.9 cm³/mol. The zero-order valence-corrected chi connectivity index (χ0v) is 13.5. The van der Waals surface area contributed by atoms with Crippen LogP contribution in [0, 0.1) is 13.8 Å². The van der Waals surface area contributed by atoms with Gasteiger partial charge in [-0.1, -0.05) is 23.9 Å². The Labute approximate surface area is 136 Å². The summed E-state index contributed by atoms with van der Waals surface area (Å²) in [5.41, 5.74) is 2.67. The van der Waals surface area contributed by atoms with Gasteiger partial charge in [0, 0.05) is 18.0 Å². The highest BCUT2D eigenvalue weighted by Crippen LogP contribution is 2.19. The van der Waals surface area contributed by atoms with Crippen molar-refractivity contribution in [3.8, 4) is 0 Å². The second kappa shape index (κ2) is 6.25. The molecule has 0 atom stereocenters. The van der Waals surface area contributed by atoms with Crippen LogP contribution >= 0.6 is 11.8 Å². The summed E-state index contributed by atoms with van der Waals surface area (Å²) < 4.78 is 1.64. The Morgan fingerprint density at radius 3 is 2.96 bits per heavy atom. The number of aromatic amines is 1. The van der Waals surface area contributed by atoms with Crippen LogP contribution < -0.4 is 10.9 Å². The van der Waals surface area contributed by atoms with E-state index in [1.54, 1.807) is 10.6 Å². The molecule has 0 bridgehead atoms. The van der Waals surface area contributed by atoms with Crippen molar-refractivity contribution < 1.29 is 4.79 Å². The molecule has 0 saturated carbocycles.